The smallest absolute Gasteiger partial charge is 0.223 e. The molecule has 0 aliphatic carbocycles. The fourth-order valence-corrected chi connectivity index (χ4v) is 2.77. The van der Waals surface area contributed by atoms with Crippen LogP contribution in [0.1, 0.15) is 40.5 Å². The molecule has 1 amide bonds. The Hall–Kier alpha value is -0.650. The molecular formula is C12H23N2O3-. The lowest BCUT2D eigenvalue weighted by Gasteiger charge is -2.59. The summed E-state index contributed by atoms with van der Waals surface area (Å²) in [6, 6.07) is 0. The number of rotatable bonds is 3. The van der Waals surface area contributed by atoms with Crippen molar-refractivity contribution in [3.05, 3.63) is 5.21 Å². The van der Waals surface area contributed by atoms with E-state index in [2.05, 4.69) is 5.32 Å². The molecule has 0 saturated carbocycles. The van der Waals surface area contributed by atoms with E-state index < -0.39 is 11.1 Å². The summed E-state index contributed by atoms with van der Waals surface area (Å²) in [5, 5.41) is 24.6. The molecule has 5 heteroatoms. The highest BCUT2D eigenvalue weighted by atomic mass is 16.5. The number of nitrogens with zero attached hydrogens (tertiary/aromatic N) is 1. The minimum Gasteiger partial charge on any atom is -0.784 e. The Morgan fingerprint density at radius 2 is 1.82 bits per heavy atom. The molecule has 0 aromatic carbocycles. The number of aliphatic hydroxyl groups is 1. The van der Waals surface area contributed by atoms with Crippen molar-refractivity contribution >= 4 is 5.91 Å². The monoisotopic (exact) mass is 243 g/mol. The van der Waals surface area contributed by atoms with Crippen molar-refractivity contribution in [2.75, 3.05) is 13.2 Å². The zero-order chi connectivity index (χ0) is 13.3. The van der Waals surface area contributed by atoms with Crippen LogP contribution in [0.3, 0.4) is 0 Å². The van der Waals surface area contributed by atoms with Gasteiger partial charge in [0.25, 0.3) is 0 Å². The first-order valence-corrected chi connectivity index (χ1v) is 6.07. The van der Waals surface area contributed by atoms with Gasteiger partial charge in [-0.3, -0.25) is 4.79 Å². The number of carbonyl (C=O) groups excluding carboxylic acids is 1. The minimum atomic E-state index is -0.525. The lowest BCUT2D eigenvalue weighted by atomic mass is 9.75. The van der Waals surface area contributed by atoms with E-state index in [4.69, 9.17) is 5.11 Å². The Bertz CT molecular complexity index is 271. The third kappa shape index (κ3) is 3.18. The van der Waals surface area contributed by atoms with Crippen molar-refractivity contribution in [2.24, 2.45) is 5.92 Å². The number of hydrogen-bond acceptors (Lipinski definition) is 4. The normalized spacial score (nSPS) is 24.6. The molecular weight excluding hydrogens is 220 g/mol. The van der Waals surface area contributed by atoms with E-state index in [1.54, 1.807) is 0 Å². The molecule has 1 fully saturated rings. The molecule has 2 N–H and O–H groups in total. The van der Waals surface area contributed by atoms with Crippen molar-refractivity contribution < 1.29 is 9.90 Å². The highest BCUT2D eigenvalue weighted by Gasteiger charge is 2.42. The molecule has 1 aliphatic heterocycles. The summed E-state index contributed by atoms with van der Waals surface area (Å²) in [6.45, 7) is 7.69. The zero-order valence-corrected chi connectivity index (χ0v) is 11.1. The maximum Gasteiger partial charge on any atom is 0.223 e. The SMILES string of the molecule is CC1(C)CC(C(=O)NCCO)CC(C)(C)N1[O-]. The fourth-order valence-electron chi connectivity index (χ4n) is 2.77. The molecule has 1 aliphatic rings. The molecule has 17 heavy (non-hydrogen) atoms. The topological polar surface area (TPSA) is 75.6 Å². The van der Waals surface area contributed by atoms with Crippen LogP contribution in [0.5, 0.6) is 0 Å². The van der Waals surface area contributed by atoms with Gasteiger partial charge in [0.2, 0.25) is 5.91 Å². The molecule has 1 rings (SSSR count). The summed E-state index contributed by atoms with van der Waals surface area (Å²) in [4.78, 5) is 11.9. The lowest BCUT2D eigenvalue weighted by molar-refractivity contribution is -0.131. The molecule has 1 saturated heterocycles. The van der Waals surface area contributed by atoms with E-state index in [0.29, 0.717) is 12.8 Å². The van der Waals surface area contributed by atoms with E-state index in [1.807, 2.05) is 27.7 Å². The third-order valence-electron chi connectivity index (χ3n) is 3.37. The van der Waals surface area contributed by atoms with Crippen LogP contribution in [-0.2, 0) is 4.79 Å². The molecule has 0 atom stereocenters. The average Bonchev–Trinajstić information content (AvgIpc) is 2.21. The Morgan fingerprint density at radius 3 is 2.24 bits per heavy atom. The van der Waals surface area contributed by atoms with Crippen LogP contribution >= 0.6 is 0 Å². The first-order chi connectivity index (χ1) is 7.70. The van der Waals surface area contributed by atoms with Crippen molar-refractivity contribution in [3.8, 4) is 0 Å². The summed E-state index contributed by atoms with van der Waals surface area (Å²) in [5.41, 5.74) is -1.05. The van der Waals surface area contributed by atoms with Crippen LogP contribution in [-0.4, -0.2) is 40.3 Å². The number of carbonyl (C=O) groups is 1. The summed E-state index contributed by atoms with van der Waals surface area (Å²) >= 11 is 0. The molecule has 100 valence electrons. The van der Waals surface area contributed by atoms with E-state index in [1.165, 1.54) is 0 Å². The summed E-state index contributed by atoms with van der Waals surface area (Å²) in [7, 11) is 0. The molecule has 0 bridgehead atoms. The molecule has 0 unspecified atom stereocenters. The number of piperidine rings is 1. The maximum absolute atomic E-state index is 12.1. The van der Waals surface area contributed by atoms with E-state index >= 15 is 0 Å². The van der Waals surface area contributed by atoms with Crippen LogP contribution in [0.25, 0.3) is 0 Å². The van der Waals surface area contributed by atoms with Crippen molar-refractivity contribution in [1.29, 1.82) is 0 Å². The van der Waals surface area contributed by atoms with Gasteiger partial charge in [-0.05, 0) is 40.5 Å². The first kappa shape index (κ1) is 14.4. The summed E-state index contributed by atoms with van der Waals surface area (Å²) in [6.07, 6.45) is 1.11. The van der Waals surface area contributed by atoms with Crippen molar-refractivity contribution in [3.63, 3.8) is 0 Å². The van der Waals surface area contributed by atoms with Gasteiger partial charge in [-0.2, -0.15) is 0 Å². The Kier molecular flexibility index (Phi) is 4.17. The van der Waals surface area contributed by atoms with Crippen molar-refractivity contribution in [2.45, 2.75) is 51.6 Å². The number of aliphatic hydroxyl groups excluding tert-OH is 1. The molecule has 0 aromatic rings. The third-order valence-corrected chi connectivity index (χ3v) is 3.37. The van der Waals surface area contributed by atoms with Gasteiger partial charge >= 0.3 is 0 Å². The van der Waals surface area contributed by atoms with Crippen LogP contribution in [0, 0.1) is 11.1 Å². The van der Waals surface area contributed by atoms with Crippen LogP contribution in [0.4, 0.5) is 0 Å². The lowest BCUT2D eigenvalue weighted by Crippen LogP contribution is -2.59. The molecule has 5 nitrogen and oxygen atoms in total. The zero-order valence-electron chi connectivity index (χ0n) is 11.1. The molecule has 0 radical (unpaired) electrons. The van der Waals surface area contributed by atoms with E-state index in [-0.39, 0.29) is 25.0 Å². The predicted molar refractivity (Wildman–Crippen MR) is 66.2 cm³/mol. The molecule has 1 heterocycles. The largest absolute Gasteiger partial charge is 0.784 e. The number of nitrogens with one attached hydrogen (secondary N) is 1. The van der Waals surface area contributed by atoms with Crippen LogP contribution < -0.4 is 5.32 Å². The van der Waals surface area contributed by atoms with Gasteiger partial charge in [0.1, 0.15) is 0 Å². The molecule has 0 aromatic heterocycles. The van der Waals surface area contributed by atoms with Gasteiger partial charge in [0, 0.05) is 23.5 Å². The van der Waals surface area contributed by atoms with Crippen LogP contribution in [0.15, 0.2) is 0 Å². The second kappa shape index (κ2) is 4.92. The van der Waals surface area contributed by atoms with Gasteiger partial charge in [-0.15, -0.1) is 0 Å². The maximum atomic E-state index is 12.1. The molecule has 0 spiro atoms. The number of amides is 1. The van der Waals surface area contributed by atoms with E-state index in [9.17, 15) is 10.0 Å². The van der Waals surface area contributed by atoms with Gasteiger partial charge in [0.05, 0.1) is 6.61 Å². The highest BCUT2D eigenvalue weighted by molar-refractivity contribution is 5.79. The van der Waals surface area contributed by atoms with E-state index in [0.717, 1.165) is 5.06 Å². The average molecular weight is 243 g/mol. The Balaban J connectivity index is 2.74. The fraction of sp³-hybridized carbons (Fsp3) is 0.917. The predicted octanol–water partition coefficient (Wildman–Crippen LogP) is 0.862. The van der Waals surface area contributed by atoms with Gasteiger partial charge in [-0.1, -0.05) is 0 Å². The van der Waals surface area contributed by atoms with Gasteiger partial charge in [-0.25, -0.2) is 0 Å². The second-order valence-electron chi connectivity index (χ2n) is 6.04. The summed E-state index contributed by atoms with van der Waals surface area (Å²) < 4.78 is 0. The standard InChI is InChI=1S/C12H23N2O3/c1-11(2)7-9(10(16)13-5-6-15)8-12(3,4)14(11)17/h9,15H,5-8H2,1-4H3,(H,13,16)/q-1. The number of hydrogen-bond donors (Lipinski definition) is 2. The highest BCUT2D eigenvalue weighted by Crippen LogP contribution is 2.40. The van der Waals surface area contributed by atoms with Crippen molar-refractivity contribution in [1.82, 2.24) is 10.4 Å². The number of hydroxylamine groups is 2. The Morgan fingerprint density at radius 1 is 1.35 bits per heavy atom. The second-order valence-corrected chi connectivity index (χ2v) is 6.04. The van der Waals surface area contributed by atoms with Gasteiger partial charge < -0.3 is 20.7 Å². The summed E-state index contributed by atoms with van der Waals surface area (Å²) in [5.74, 6) is -0.218. The quantitative estimate of drug-likeness (QED) is 0.771. The first-order valence-electron chi connectivity index (χ1n) is 6.07. The van der Waals surface area contributed by atoms with Crippen LogP contribution in [0.2, 0.25) is 0 Å². The van der Waals surface area contributed by atoms with Gasteiger partial charge in [0.15, 0.2) is 0 Å². The minimum absolute atomic E-state index is 0.0566. The Labute approximate surface area is 103 Å².